The van der Waals surface area contributed by atoms with Gasteiger partial charge in [-0.2, -0.15) is 0 Å². The second kappa shape index (κ2) is 11.2. The molecule has 10 heteroatoms. The van der Waals surface area contributed by atoms with Crippen LogP contribution in [0.15, 0.2) is 59.6 Å². The molecule has 0 spiro atoms. The van der Waals surface area contributed by atoms with Gasteiger partial charge in [0, 0.05) is 11.4 Å². The number of urea groups is 1. The summed E-state index contributed by atoms with van der Waals surface area (Å²) in [7, 11) is 0. The van der Waals surface area contributed by atoms with Gasteiger partial charge >= 0.3 is 18.2 Å². The lowest BCUT2D eigenvalue weighted by molar-refractivity contribution is 0.0545. The topological polar surface area (TPSA) is 130 Å². The first-order valence-electron chi connectivity index (χ1n) is 10.6. The van der Waals surface area contributed by atoms with Gasteiger partial charge in [0.2, 0.25) is 5.96 Å². The van der Waals surface area contributed by atoms with Gasteiger partial charge in [-0.1, -0.05) is 18.2 Å². The minimum Gasteiger partial charge on any atom is -0.444 e. The summed E-state index contributed by atoms with van der Waals surface area (Å²) in [4.78, 5) is 40.8. The molecule has 0 fully saturated rings. The first-order chi connectivity index (χ1) is 15.8. The Morgan fingerprint density at radius 3 is 1.56 bits per heavy atom. The van der Waals surface area contributed by atoms with E-state index < -0.39 is 29.4 Å². The number of nitrogens with zero attached hydrogens (tertiary/aromatic N) is 1. The largest absolute Gasteiger partial charge is 0.444 e. The fourth-order valence-corrected chi connectivity index (χ4v) is 2.45. The van der Waals surface area contributed by atoms with Crippen LogP contribution in [0.4, 0.5) is 31.4 Å². The SMILES string of the molecule is CC(C)(C)OC(=O)NC(=Nc1ccc(NC(=O)Nc2ccccc2)cc1)NC(=O)OC(C)(C)C. The van der Waals surface area contributed by atoms with Gasteiger partial charge in [-0.05, 0) is 77.9 Å². The van der Waals surface area contributed by atoms with Crippen molar-refractivity contribution in [1.82, 2.24) is 10.6 Å². The molecule has 0 saturated heterocycles. The van der Waals surface area contributed by atoms with Crippen LogP contribution in [-0.4, -0.2) is 35.4 Å². The maximum atomic E-state index is 12.2. The summed E-state index contributed by atoms with van der Waals surface area (Å²) in [5, 5.41) is 10.2. The number of guanidine groups is 1. The Hall–Kier alpha value is -4.08. The highest BCUT2D eigenvalue weighted by Crippen LogP contribution is 2.17. The second-order valence-corrected chi connectivity index (χ2v) is 9.21. The molecular weight excluding hydrogens is 438 g/mol. The number of benzene rings is 2. The van der Waals surface area contributed by atoms with Crippen LogP contribution in [0.3, 0.4) is 0 Å². The van der Waals surface area contributed by atoms with Crippen LogP contribution in [0.1, 0.15) is 41.5 Å². The van der Waals surface area contributed by atoms with Crippen LogP contribution in [0.5, 0.6) is 0 Å². The van der Waals surface area contributed by atoms with Gasteiger partial charge in [0.1, 0.15) is 11.2 Å². The average molecular weight is 470 g/mol. The molecule has 4 amide bonds. The first-order valence-corrected chi connectivity index (χ1v) is 10.6. The van der Waals surface area contributed by atoms with E-state index in [1.165, 1.54) is 0 Å². The molecule has 0 unspecified atom stereocenters. The highest BCUT2D eigenvalue weighted by atomic mass is 16.6. The van der Waals surface area contributed by atoms with E-state index in [1.807, 2.05) is 18.2 Å². The molecule has 0 aromatic heterocycles. The number of ether oxygens (including phenoxy) is 2. The molecule has 10 nitrogen and oxygen atoms in total. The standard InChI is InChI=1S/C24H31N5O5/c1-23(2,3)33-21(31)28-19(29-22(32)34-24(4,5)6)25-17-12-14-18(15-13-17)27-20(30)26-16-10-8-7-9-11-16/h7-15H,1-6H3,(H2,26,27,30)(H2,25,28,29,31,32). The number of carbonyl (C=O) groups excluding carboxylic acids is 3. The van der Waals surface area contributed by atoms with Crippen LogP contribution >= 0.6 is 0 Å². The van der Waals surface area contributed by atoms with Crippen LogP contribution in [0.25, 0.3) is 0 Å². The number of hydrogen-bond acceptors (Lipinski definition) is 6. The van der Waals surface area contributed by atoms with Crippen LogP contribution < -0.4 is 21.3 Å². The molecule has 0 aliphatic carbocycles. The molecule has 182 valence electrons. The lowest BCUT2D eigenvalue weighted by Crippen LogP contribution is -2.47. The van der Waals surface area contributed by atoms with E-state index in [0.717, 1.165) is 0 Å². The van der Waals surface area contributed by atoms with Crippen LogP contribution in [0.2, 0.25) is 0 Å². The average Bonchev–Trinajstić information content (AvgIpc) is 2.67. The van der Waals surface area contributed by atoms with Crippen molar-refractivity contribution >= 4 is 41.2 Å². The molecule has 0 aliphatic heterocycles. The molecule has 4 N–H and O–H groups in total. The number of amides is 4. The summed E-state index contributed by atoms with van der Waals surface area (Å²) >= 11 is 0. The van der Waals surface area contributed by atoms with Crippen molar-refractivity contribution in [2.24, 2.45) is 4.99 Å². The van der Waals surface area contributed by atoms with E-state index in [9.17, 15) is 14.4 Å². The molecule has 0 bridgehead atoms. The Bertz CT molecular complexity index is 990. The molecule has 0 atom stereocenters. The van der Waals surface area contributed by atoms with Crippen LogP contribution in [0, 0.1) is 0 Å². The number of para-hydroxylation sites is 1. The number of rotatable bonds is 3. The number of hydrogen-bond donors (Lipinski definition) is 4. The molecule has 0 heterocycles. The zero-order valence-electron chi connectivity index (χ0n) is 20.2. The minimum absolute atomic E-state index is 0.175. The predicted molar refractivity (Wildman–Crippen MR) is 131 cm³/mol. The number of aliphatic imine (C=N–C) groups is 1. The molecule has 2 aromatic rings. The fraction of sp³-hybridized carbons (Fsp3) is 0.333. The van der Waals surface area contributed by atoms with E-state index >= 15 is 0 Å². The van der Waals surface area contributed by atoms with Crippen molar-refractivity contribution < 1.29 is 23.9 Å². The van der Waals surface area contributed by atoms with Gasteiger partial charge in [0.25, 0.3) is 0 Å². The van der Waals surface area contributed by atoms with Crippen molar-refractivity contribution in [3.8, 4) is 0 Å². The monoisotopic (exact) mass is 469 g/mol. The second-order valence-electron chi connectivity index (χ2n) is 9.21. The van der Waals surface area contributed by atoms with Gasteiger partial charge < -0.3 is 20.1 Å². The summed E-state index contributed by atoms with van der Waals surface area (Å²) < 4.78 is 10.4. The van der Waals surface area contributed by atoms with Crippen molar-refractivity contribution in [2.75, 3.05) is 10.6 Å². The zero-order valence-corrected chi connectivity index (χ0v) is 20.2. The van der Waals surface area contributed by atoms with Crippen molar-refractivity contribution in [1.29, 1.82) is 0 Å². The normalized spacial score (nSPS) is 11.0. The summed E-state index contributed by atoms with van der Waals surface area (Å²) in [6.07, 6.45) is -1.59. The van der Waals surface area contributed by atoms with Crippen molar-refractivity contribution in [2.45, 2.75) is 52.7 Å². The molecular formula is C24H31N5O5. The highest BCUT2D eigenvalue weighted by Gasteiger charge is 2.21. The lowest BCUT2D eigenvalue weighted by Gasteiger charge is -2.22. The van der Waals surface area contributed by atoms with E-state index in [1.54, 1.807) is 77.9 Å². The summed E-state index contributed by atoms with van der Waals surface area (Å²) in [5.74, 6) is -0.175. The summed E-state index contributed by atoms with van der Waals surface area (Å²) in [6.45, 7) is 10.3. The smallest absolute Gasteiger partial charge is 0.414 e. The van der Waals surface area contributed by atoms with Gasteiger partial charge in [0.05, 0.1) is 5.69 Å². The highest BCUT2D eigenvalue weighted by molar-refractivity contribution is 6.02. The van der Waals surface area contributed by atoms with E-state index in [2.05, 4.69) is 26.3 Å². The third-order valence-corrected chi connectivity index (χ3v) is 3.64. The van der Waals surface area contributed by atoms with Gasteiger partial charge in [0.15, 0.2) is 0 Å². The minimum atomic E-state index is -0.793. The summed E-state index contributed by atoms with van der Waals surface area (Å²) in [5.41, 5.74) is 0.0984. The maximum Gasteiger partial charge on any atom is 0.414 e. The number of carbonyl (C=O) groups is 3. The van der Waals surface area contributed by atoms with E-state index in [0.29, 0.717) is 17.1 Å². The number of nitrogens with one attached hydrogen (secondary N) is 4. The maximum absolute atomic E-state index is 12.2. The first kappa shape index (κ1) is 26.2. The molecule has 0 radical (unpaired) electrons. The third-order valence-electron chi connectivity index (χ3n) is 3.64. The van der Waals surface area contributed by atoms with Gasteiger partial charge in [-0.3, -0.25) is 10.6 Å². The number of anilines is 2. The fourth-order valence-electron chi connectivity index (χ4n) is 2.45. The Morgan fingerprint density at radius 1 is 0.676 bits per heavy atom. The van der Waals surface area contributed by atoms with E-state index in [-0.39, 0.29) is 5.96 Å². The van der Waals surface area contributed by atoms with Crippen LogP contribution in [-0.2, 0) is 9.47 Å². The van der Waals surface area contributed by atoms with Crippen molar-refractivity contribution in [3.05, 3.63) is 54.6 Å². The Labute approximate surface area is 199 Å². The van der Waals surface area contributed by atoms with Gasteiger partial charge in [-0.15, -0.1) is 0 Å². The zero-order chi connectivity index (χ0) is 25.4. The molecule has 0 aliphatic rings. The third kappa shape index (κ3) is 10.5. The van der Waals surface area contributed by atoms with E-state index in [4.69, 9.17) is 9.47 Å². The molecule has 34 heavy (non-hydrogen) atoms. The Balaban J connectivity index is 2.11. The summed E-state index contributed by atoms with van der Waals surface area (Å²) in [6, 6.07) is 15.1. The quantitative estimate of drug-likeness (QED) is 0.355. The molecule has 2 rings (SSSR count). The van der Waals surface area contributed by atoms with Crippen molar-refractivity contribution in [3.63, 3.8) is 0 Å². The predicted octanol–water partition coefficient (Wildman–Crippen LogP) is 5.37. The Kier molecular flexibility index (Phi) is 8.60. The molecule has 2 aromatic carbocycles. The Morgan fingerprint density at radius 2 is 1.12 bits per heavy atom. The number of alkyl carbamates (subject to hydrolysis) is 2. The molecule has 0 saturated carbocycles. The lowest BCUT2D eigenvalue weighted by atomic mass is 10.2. The van der Waals surface area contributed by atoms with Gasteiger partial charge in [-0.25, -0.2) is 19.4 Å².